The highest BCUT2D eigenvalue weighted by molar-refractivity contribution is 5.05. The van der Waals surface area contributed by atoms with Gasteiger partial charge in [-0.2, -0.15) is 0 Å². The maximum Gasteiger partial charge on any atom is 0.0951 e. The van der Waals surface area contributed by atoms with E-state index in [2.05, 4.69) is 21.8 Å². The molecule has 2 atom stereocenters. The van der Waals surface area contributed by atoms with Gasteiger partial charge in [-0.05, 0) is 31.6 Å². The average molecular weight is 219 g/mol. The maximum absolute atomic E-state index is 4.26. The monoisotopic (exact) mass is 219 g/mol. The molecule has 3 heteroatoms. The summed E-state index contributed by atoms with van der Waals surface area (Å²) in [6.07, 6.45) is 10.8. The molecule has 1 N–H and O–H groups in total. The minimum absolute atomic E-state index is 0.755. The Kier molecular flexibility index (Phi) is 2.72. The van der Waals surface area contributed by atoms with Gasteiger partial charge < -0.3 is 9.88 Å². The summed E-state index contributed by atoms with van der Waals surface area (Å²) in [5.74, 6) is 0.947. The van der Waals surface area contributed by atoms with Gasteiger partial charge in [0.15, 0.2) is 0 Å². The Morgan fingerprint density at radius 1 is 1.50 bits per heavy atom. The second-order valence-electron chi connectivity index (χ2n) is 5.30. The van der Waals surface area contributed by atoms with Crippen LogP contribution in [0.25, 0.3) is 0 Å². The molecular weight excluding hydrogens is 198 g/mol. The summed E-state index contributed by atoms with van der Waals surface area (Å²) in [5.41, 5.74) is 1.37. The summed E-state index contributed by atoms with van der Waals surface area (Å²) in [4.78, 5) is 4.26. The van der Waals surface area contributed by atoms with Crippen molar-refractivity contribution in [3.05, 3.63) is 18.2 Å². The fourth-order valence-corrected chi connectivity index (χ4v) is 2.57. The summed E-state index contributed by atoms with van der Waals surface area (Å²) in [6.45, 7) is 3.28. The van der Waals surface area contributed by atoms with E-state index in [9.17, 15) is 0 Å². The molecule has 1 aromatic heterocycles. The van der Waals surface area contributed by atoms with Crippen LogP contribution < -0.4 is 5.32 Å². The topological polar surface area (TPSA) is 29.9 Å². The highest BCUT2D eigenvalue weighted by Crippen LogP contribution is 2.37. The molecule has 2 unspecified atom stereocenters. The van der Waals surface area contributed by atoms with Crippen LogP contribution in [0.4, 0.5) is 0 Å². The molecule has 3 rings (SSSR count). The zero-order chi connectivity index (χ0) is 11.0. The van der Waals surface area contributed by atoms with E-state index in [1.165, 1.54) is 37.8 Å². The van der Waals surface area contributed by atoms with E-state index >= 15 is 0 Å². The Hall–Kier alpha value is -0.830. The third-order valence-electron chi connectivity index (χ3n) is 3.81. The quantitative estimate of drug-likeness (QED) is 0.796. The van der Waals surface area contributed by atoms with E-state index in [0.717, 1.165) is 24.5 Å². The lowest BCUT2D eigenvalue weighted by Gasteiger charge is -2.07. The van der Waals surface area contributed by atoms with Gasteiger partial charge in [-0.1, -0.05) is 13.3 Å². The number of hydrogen-bond donors (Lipinski definition) is 1. The lowest BCUT2D eigenvalue weighted by atomic mass is 10.2. The minimum atomic E-state index is 0.755. The van der Waals surface area contributed by atoms with E-state index in [1.54, 1.807) is 0 Å². The van der Waals surface area contributed by atoms with Gasteiger partial charge in [0.05, 0.1) is 12.0 Å². The summed E-state index contributed by atoms with van der Waals surface area (Å²) in [6, 6.07) is 1.53. The Morgan fingerprint density at radius 3 is 3.12 bits per heavy atom. The zero-order valence-corrected chi connectivity index (χ0v) is 10.0. The molecule has 1 aromatic rings. The molecule has 88 valence electrons. The van der Waals surface area contributed by atoms with Gasteiger partial charge in [0.25, 0.3) is 0 Å². The van der Waals surface area contributed by atoms with Crippen molar-refractivity contribution in [2.45, 2.75) is 57.7 Å². The first kappa shape index (κ1) is 10.3. The smallest absolute Gasteiger partial charge is 0.0951 e. The van der Waals surface area contributed by atoms with Crippen molar-refractivity contribution in [1.29, 1.82) is 0 Å². The van der Waals surface area contributed by atoms with Gasteiger partial charge in [0, 0.05) is 24.8 Å². The molecule has 0 aromatic carbocycles. The number of nitrogens with one attached hydrogen (secondary N) is 1. The molecule has 2 fully saturated rings. The molecule has 0 saturated heterocycles. The van der Waals surface area contributed by atoms with E-state index < -0.39 is 0 Å². The first-order chi connectivity index (χ1) is 7.88. The van der Waals surface area contributed by atoms with Crippen LogP contribution in [0, 0.1) is 5.92 Å². The largest absolute Gasteiger partial charge is 0.330 e. The summed E-state index contributed by atoms with van der Waals surface area (Å²) >= 11 is 0. The van der Waals surface area contributed by atoms with E-state index in [0.29, 0.717) is 0 Å². The average Bonchev–Trinajstić information content (AvgIpc) is 3.19. The van der Waals surface area contributed by atoms with Crippen LogP contribution in [0.5, 0.6) is 0 Å². The standard InChI is InChI=1S/C13H21N3/c1-2-3-10-6-13(10)15-8-12-7-14-9-16(12)11-4-5-11/h7,9-11,13,15H,2-6,8H2,1H3. The van der Waals surface area contributed by atoms with Crippen molar-refractivity contribution in [1.82, 2.24) is 14.9 Å². The number of nitrogens with zero attached hydrogens (tertiary/aromatic N) is 2. The zero-order valence-electron chi connectivity index (χ0n) is 10.0. The first-order valence-electron chi connectivity index (χ1n) is 6.62. The van der Waals surface area contributed by atoms with Gasteiger partial charge in [0.2, 0.25) is 0 Å². The van der Waals surface area contributed by atoms with Crippen molar-refractivity contribution in [3.8, 4) is 0 Å². The SMILES string of the molecule is CCCC1CC1NCc1cncn1C1CC1. The van der Waals surface area contributed by atoms with E-state index in [1.807, 2.05) is 12.5 Å². The molecule has 2 saturated carbocycles. The molecule has 2 aliphatic carbocycles. The van der Waals surface area contributed by atoms with Crippen molar-refractivity contribution in [2.24, 2.45) is 5.92 Å². The second-order valence-corrected chi connectivity index (χ2v) is 5.30. The fourth-order valence-electron chi connectivity index (χ4n) is 2.57. The Morgan fingerprint density at radius 2 is 2.38 bits per heavy atom. The molecule has 2 aliphatic rings. The highest BCUT2D eigenvalue weighted by atomic mass is 15.1. The molecule has 16 heavy (non-hydrogen) atoms. The highest BCUT2D eigenvalue weighted by Gasteiger charge is 2.35. The first-order valence-corrected chi connectivity index (χ1v) is 6.62. The summed E-state index contributed by atoms with van der Waals surface area (Å²) in [7, 11) is 0. The lowest BCUT2D eigenvalue weighted by Crippen LogP contribution is -2.19. The molecule has 0 bridgehead atoms. The van der Waals surface area contributed by atoms with Crippen LogP contribution in [0.2, 0.25) is 0 Å². The van der Waals surface area contributed by atoms with Crippen LogP contribution in [0.15, 0.2) is 12.5 Å². The maximum atomic E-state index is 4.26. The van der Waals surface area contributed by atoms with Crippen LogP contribution in [-0.4, -0.2) is 15.6 Å². The van der Waals surface area contributed by atoms with Crippen LogP contribution >= 0.6 is 0 Å². The molecule has 0 aliphatic heterocycles. The normalized spacial score (nSPS) is 28.3. The van der Waals surface area contributed by atoms with Crippen molar-refractivity contribution in [2.75, 3.05) is 0 Å². The van der Waals surface area contributed by atoms with Crippen molar-refractivity contribution >= 4 is 0 Å². The van der Waals surface area contributed by atoms with Crippen LogP contribution in [-0.2, 0) is 6.54 Å². The predicted octanol–water partition coefficient (Wildman–Crippen LogP) is 2.50. The Bertz CT molecular complexity index is 354. The van der Waals surface area contributed by atoms with E-state index in [-0.39, 0.29) is 0 Å². The number of hydrogen-bond acceptors (Lipinski definition) is 2. The Labute approximate surface area is 97.3 Å². The molecular formula is C13H21N3. The number of rotatable bonds is 6. The number of imidazole rings is 1. The predicted molar refractivity (Wildman–Crippen MR) is 64.1 cm³/mol. The number of aromatic nitrogens is 2. The third kappa shape index (κ3) is 2.14. The Balaban J connectivity index is 1.49. The van der Waals surface area contributed by atoms with Gasteiger partial charge >= 0.3 is 0 Å². The lowest BCUT2D eigenvalue weighted by molar-refractivity contribution is 0.574. The van der Waals surface area contributed by atoms with Gasteiger partial charge in [0.1, 0.15) is 0 Å². The molecule has 0 spiro atoms. The van der Waals surface area contributed by atoms with Crippen molar-refractivity contribution < 1.29 is 0 Å². The van der Waals surface area contributed by atoms with Gasteiger partial charge in [-0.25, -0.2) is 4.98 Å². The van der Waals surface area contributed by atoms with Gasteiger partial charge in [-0.15, -0.1) is 0 Å². The van der Waals surface area contributed by atoms with Gasteiger partial charge in [-0.3, -0.25) is 0 Å². The molecule has 0 amide bonds. The van der Waals surface area contributed by atoms with Crippen LogP contribution in [0.3, 0.4) is 0 Å². The molecule has 3 nitrogen and oxygen atoms in total. The second kappa shape index (κ2) is 4.21. The van der Waals surface area contributed by atoms with E-state index in [4.69, 9.17) is 0 Å². The van der Waals surface area contributed by atoms with Crippen LogP contribution in [0.1, 0.15) is 50.8 Å². The van der Waals surface area contributed by atoms with Crippen molar-refractivity contribution in [3.63, 3.8) is 0 Å². The summed E-state index contributed by atoms with van der Waals surface area (Å²) < 4.78 is 2.35. The molecule has 0 radical (unpaired) electrons. The fraction of sp³-hybridized carbons (Fsp3) is 0.769. The summed E-state index contributed by atoms with van der Waals surface area (Å²) in [5, 5.41) is 3.66. The minimum Gasteiger partial charge on any atom is -0.330 e. The third-order valence-corrected chi connectivity index (χ3v) is 3.81. The molecule has 1 heterocycles.